The maximum absolute atomic E-state index is 6.70. The molecule has 0 unspecified atom stereocenters. The lowest BCUT2D eigenvalue weighted by molar-refractivity contribution is 0.616. The number of rotatable bonds is 2. The number of nitrogens with one attached hydrogen (secondary N) is 1. The number of hydrogen-bond donors (Lipinski definition) is 2. The van der Waals surface area contributed by atoms with Gasteiger partial charge in [0, 0.05) is 6.54 Å². The van der Waals surface area contributed by atoms with Crippen LogP contribution in [0.25, 0.3) is 0 Å². The van der Waals surface area contributed by atoms with Crippen molar-refractivity contribution in [2.45, 2.75) is 13.8 Å². The Labute approximate surface area is 49.8 Å². The highest BCUT2D eigenvalue weighted by molar-refractivity contribution is 5.73. The lowest BCUT2D eigenvalue weighted by atomic mass is 10.2. The summed E-state index contributed by atoms with van der Waals surface area (Å²) in [5, 5.41) is 10.4. The fourth-order valence-corrected chi connectivity index (χ4v) is 0.281. The van der Waals surface area contributed by atoms with Crippen LogP contribution in [0.2, 0.25) is 0 Å². The molecule has 3 N–H and O–H groups in total. The van der Waals surface area contributed by atoms with Crippen LogP contribution in [0.5, 0.6) is 0 Å². The minimum Gasteiger partial charge on any atom is -0.369 e. The first-order valence-corrected chi connectivity index (χ1v) is 2.64. The molecule has 0 atom stereocenters. The Bertz CT molecular complexity index is 77.7. The molecule has 0 aliphatic rings. The van der Waals surface area contributed by atoms with Crippen molar-refractivity contribution in [2.75, 3.05) is 6.54 Å². The molecule has 1 radical (unpaired) electrons. The van der Waals surface area contributed by atoms with Crippen LogP contribution in [0.1, 0.15) is 13.8 Å². The average Bonchev–Trinajstić information content (AvgIpc) is 1.61. The van der Waals surface area contributed by atoms with Crippen molar-refractivity contribution in [1.82, 2.24) is 5.32 Å². The molecule has 47 valence electrons. The van der Waals surface area contributed by atoms with E-state index < -0.39 is 0 Å². The normalized spacial score (nSPS) is 9.38. The minimum atomic E-state index is -0.0706. The van der Waals surface area contributed by atoms with Crippen molar-refractivity contribution in [3.63, 3.8) is 0 Å². The van der Waals surface area contributed by atoms with Crippen molar-refractivity contribution >= 4 is 5.96 Å². The summed E-state index contributed by atoms with van der Waals surface area (Å²) in [6, 6.07) is 0. The Kier molecular flexibility index (Phi) is 2.99. The molecule has 3 heteroatoms. The van der Waals surface area contributed by atoms with E-state index in [4.69, 9.17) is 11.1 Å². The van der Waals surface area contributed by atoms with E-state index in [0.29, 0.717) is 12.5 Å². The van der Waals surface area contributed by atoms with Gasteiger partial charge in [0.1, 0.15) is 0 Å². The van der Waals surface area contributed by atoms with Crippen molar-refractivity contribution in [3.8, 4) is 0 Å². The molecule has 0 spiro atoms. The molecule has 0 heterocycles. The number of nitrogens with zero attached hydrogens (tertiary/aromatic N) is 1. The van der Waals surface area contributed by atoms with Gasteiger partial charge in [-0.15, -0.1) is 0 Å². The van der Waals surface area contributed by atoms with Crippen LogP contribution in [0.4, 0.5) is 0 Å². The fraction of sp³-hybridized carbons (Fsp3) is 0.800. The molecule has 0 aromatic carbocycles. The van der Waals surface area contributed by atoms with Crippen LogP contribution in [0.3, 0.4) is 0 Å². The Hall–Kier alpha value is -0.730. The zero-order valence-corrected chi connectivity index (χ0v) is 5.31. The first-order chi connectivity index (χ1) is 3.63. The van der Waals surface area contributed by atoms with Crippen LogP contribution >= 0.6 is 0 Å². The smallest absolute Gasteiger partial charge is 0.207 e. The highest BCUT2D eigenvalue weighted by Gasteiger charge is 1.93. The number of hydrogen-bond acceptors (Lipinski definition) is 1. The van der Waals surface area contributed by atoms with Crippen LogP contribution in [0, 0.1) is 11.3 Å². The summed E-state index contributed by atoms with van der Waals surface area (Å²) < 4.78 is 0. The standard InChI is InChI=1S/C5H12N3/c1-4(2)3-8-5(6)7/h4H,3H2,1-2H3,(H3,6,7). The summed E-state index contributed by atoms with van der Waals surface area (Å²) in [4.78, 5) is 0. The van der Waals surface area contributed by atoms with Crippen molar-refractivity contribution < 1.29 is 0 Å². The van der Waals surface area contributed by atoms with Gasteiger partial charge >= 0.3 is 0 Å². The van der Waals surface area contributed by atoms with Crippen LogP contribution in [0.15, 0.2) is 0 Å². The molecule has 0 saturated carbocycles. The quantitative estimate of drug-likeness (QED) is 0.389. The third kappa shape index (κ3) is 5.27. The summed E-state index contributed by atoms with van der Waals surface area (Å²) in [5.74, 6) is 0.428. The number of nitrogens with two attached hydrogens (primary N) is 1. The molecule has 0 bridgehead atoms. The van der Waals surface area contributed by atoms with E-state index in [1.54, 1.807) is 0 Å². The molecule has 0 aliphatic heterocycles. The fourth-order valence-electron chi connectivity index (χ4n) is 0.281. The van der Waals surface area contributed by atoms with Gasteiger partial charge in [-0.25, -0.2) is 0 Å². The van der Waals surface area contributed by atoms with E-state index in [9.17, 15) is 0 Å². The van der Waals surface area contributed by atoms with Gasteiger partial charge in [0.15, 0.2) is 0 Å². The maximum atomic E-state index is 6.70. The van der Waals surface area contributed by atoms with E-state index >= 15 is 0 Å². The largest absolute Gasteiger partial charge is 0.369 e. The average molecular weight is 114 g/mol. The summed E-state index contributed by atoms with van der Waals surface area (Å²) in [7, 11) is 0. The van der Waals surface area contributed by atoms with Gasteiger partial charge in [0.2, 0.25) is 5.96 Å². The predicted molar refractivity (Wildman–Crippen MR) is 33.8 cm³/mol. The molecule has 0 aliphatic carbocycles. The predicted octanol–water partition coefficient (Wildman–Crippen LogP) is 0.140. The lowest BCUT2D eigenvalue weighted by Gasteiger charge is -2.01. The summed E-state index contributed by atoms with van der Waals surface area (Å²) in [6.45, 7) is 4.73. The third-order valence-electron chi connectivity index (χ3n) is 0.627. The van der Waals surface area contributed by atoms with Gasteiger partial charge in [-0.1, -0.05) is 13.8 Å². The Morgan fingerprint density at radius 1 is 1.75 bits per heavy atom. The molecule has 0 saturated heterocycles. The van der Waals surface area contributed by atoms with Gasteiger partial charge in [-0.3, -0.25) is 10.7 Å². The zero-order valence-electron chi connectivity index (χ0n) is 5.31. The van der Waals surface area contributed by atoms with Gasteiger partial charge in [-0.05, 0) is 5.92 Å². The van der Waals surface area contributed by atoms with E-state index in [2.05, 4.69) is 5.32 Å². The van der Waals surface area contributed by atoms with Crippen molar-refractivity contribution in [1.29, 1.82) is 5.41 Å². The Balaban J connectivity index is 3.05. The molecular formula is C5H12N3. The van der Waals surface area contributed by atoms with Crippen LogP contribution < -0.4 is 11.1 Å². The number of guanidine groups is 1. The highest BCUT2D eigenvalue weighted by atomic mass is 15.0. The van der Waals surface area contributed by atoms with E-state index in [1.165, 1.54) is 0 Å². The lowest BCUT2D eigenvalue weighted by Crippen LogP contribution is -2.26. The first-order valence-electron chi connectivity index (χ1n) is 2.64. The van der Waals surface area contributed by atoms with E-state index in [1.807, 2.05) is 13.8 Å². The van der Waals surface area contributed by atoms with Gasteiger partial charge in [0.25, 0.3) is 0 Å². The van der Waals surface area contributed by atoms with E-state index in [0.717, 1.165) is 0 Å². The monoisotopic (exact) mass is 114 g/mol. The first kappa shape index (κ1) is 7.27. The molecular weight excluding hydrogens is 102 g/mol. The van der Waals surface area contributed by atoms with Crippen molar-refractivity contribution in [3.05, 3.63) is 0 Å². The zero-order chi connectivity index (χ0) is 6.57. The molecule has 0 aromatic heterocycles. The Morgan fingerprint density at radius 2 is 2.25 bits per heavy atom. The molecule has 3 nitrogen and oxygen atoms in total. The van der Waals surface area contributed by atoms with Crippen molar-refractivity contribution in [2.24, 2.45) is 11.7 Å². The summed E-state index contributed by atoms with van der Waals surface area (Å²) in [5.41, 5.74) is 4.96. The molecule has 0 rings (SSSR count). The summed E-state index contributed by atoms with van der Waals surface area (Å²) >= 11 is 0. The van der Waals surface area contributed by atoms with Gasteiger partial charge in [0.05, 0.1) is 0 Å². The third-order valence-corrected chi connectivity index (χ3v) is 0.627. The second kappa shape index (κ2) is 3.29. The van der Waals surface area contributed by atoms with Gasteiger partial charge < -0.3 is 5.73 Å². The minimum absolute atomic E-state index is 0.0706. The SMILES string of the molecule is CC(C)C[N]C(=N)N. The molecule has 0 aromatic rings. The molecule has 0 fully saturated rings. The second-order valence-electron chi connectivity index (χ2n) is 2.12. The molecule has 8 heavy (non-hydrogen) atoms. The maximum Gasteiger partial charge on any atom is 0.207 e. The van der Waals surface area contributed by atoms with Crippen LogP contribution in [-0.4, -0.2) is 12.5 Å². The summed E-state index contributed by atoms with van der Waals surface area (Å²) in [6.07, 6.45) is 0. The van der Waals surface area contributed by atoms with Crippen LogP contribution in [-0.2, 0) is 0 Å². The second-order valence-corrected chi connectivity index (χ2v) is 2.12. The Morgan fingerprint density at radius 3 is 2.38 bits per heavy atom. The topological polar surface area (TPSA) is 64.0 Å². The van der Waals surface area contributed by atoms with E-state index in [-0.39, 0.29) is 5.96 Å². The highest BCUT2D eigenvalue weighted by Crippen LogP contribution is 1.86. The molecule has 0 amide bonds. The van der Waals surface area contributed by atoms with Gasteiger partial charge in [-0.2, -0.15) is 0 Å².